The summed E-state index contributed by atoms with van der Waals surface area (Å²) >= 11 is 12.3. The number of hydrogen-bond donors (Lipinski definition) is 0. The summed E-state index contributed by atoms with van der Waals surface area (Å²) in [5.74, 6) is -1.55. The van der Waals surface area contributed by atoms with Crippen LogP contribution < -0.4 is 76.5 Å². The molecule has 0 saturated carbocycles. The van der Waals surface area contributed by atoms with Gasteiger partial charge in [0, 0.05) is 92.0 Å². The number of carbonyl (C=O) groups excluding carboxylic acids is 3. The fourth-order valence-corrected chi connectivity index (χ4v) is 36.3. The van der Waals surface area contributed by atoms with Gasteiger partial charge in [-0.05, 0) is 226 Å². The van der Waals surface area contributed by atoms with Crippen LogP contribution in [0.1, 0.15) is 97.8 Å². The summed E-state index contributed by atoms with van der Waals surface area (Å²) < 4.78 is 22.6. The Kier molecular flexibility index (Phi) is 27.5. The van der Waals surface area contributed by atoms with Crippen LogP contribution in [0.3, 0.4) is 0 Å². The Bertz CT molecular complexity index is 5930. The van der Waals surface area contributed by atoms with E-state index in [2.05, 4.69) is 447 Å². The van der Waals surface area contributed by atoms with E-state index < -0.39 is 42.1 Å². The minimum Gasteiger partial charge on any atom is -0.423 e. The molecule has 672 valence electrons. The van der Waals surface area contributed by atoms with Gasteiger partial charge in [0.1, 0.15) is 17.2 Å². The summed E-state index contributed by atoms with van der Waals surface area (Å²) in [6, 6.07) is 137. The Labute approximate surface area is 820 Å². The summed E-state index contributed by atoms with van der Waals surface area (Å²) in [5, 5.41) is 15.7. The van der Waals surface area contributed by atoms with E-state index in [0.717, 1.165) is 80.2 Å². The van der Waals surface area contributed by atoms with Crippen LogP contribution in [0, 0.1) is 0 Å². The zero-order chi connectivity index (χ0) is 92.9. The van der Waals surface area contributed by atoms with E-state index in [1.54, 1.807) is 0 Å². The van der Waals surface area contributed by atoms with Gasteiger partial charge in [-0.15, -0.1) is 0 Å². The van der Waals surface area contributed by atoms with E-state index >= 15 is 14.4 Å². The zero-order valence-corrected chi connectivity index (χ0v) is 84.4. The molecule has 9 heterocycles. The fourth-order valence-electron chi connectivity index (χ4n) is 20.7. The number of fused-ring (bicyclic) bond motifs is 6. The van der Waals surface area contributed by atoms with Gasteiger partial charge in [0.15, 0.2) is 24.2 Å². The van der Waals surface area contributed by atoms with E-state index in [1.807, 2.05) is 36.4 Å². The Morgan fingerprint density at radius 3 is 0.489 bits per heavy atom. The lowest BCUT2D eigenvalue weighted by molar-refractivity contribution is 0.0734. The first-order valence-corrected chi connectivity index (χ1v) is 54.3. The SMILES string of the molecule is CN1Cc2ccc(cc2)[Si](c2ccccc2)(c2ccccc2)c2ccc(cc2)CN(C)Cc2cc(OC(=O)c3cc(C(=O)Oc4cc5c(Br)c(c4)CN(C)Cc4ccc(cc4)[Si](c4ccccc4)(c4ccccc4)c4ccc(cc4)CN(C)C5)cc(C(=O)Oc4cc5c(Br)c(c4)CN(C)Cc4ccc(cc4)[Si](c4ccccc4)(c4ccccc4)c4ccc(cc4)CN(C)C5)c3)cc(c2Br)C1. The van der Waals surface area contributed by atoms with Crippen molar-refractivity contribution in [1.82, 2.24) is 29.4 Å². The third-order valence-corrected chi connectivity index (χ3v) is 44.2. The number of nitrogens with zero attached hydrogens (tertiary/aromatic N) is 6. The molecule has 18 bridgehead atoms. The lowest BCUT2D eigenvalue weighted by atomic mass is 10.0. The molecule has 12 nitrogen and oxygen atoms in total. The maximum Gasteiger partial charge on any atom is 0.343 e. The van der Waals surface area contributed by atoms with Crippen LogP contribution >= 0.6 is 47.8 Å². The molecule has 0 unspecified atom stereocenters. The molecule has 0 aromatic heterocycles. The van der Waals surface area contributed by atoms with Gasteiger partial charge in [-0.3, -0.25) is 29.4 Å². The molecule has 135 heavy (non-hydrogen) atoms. The second-order valence-corrected chi connectivity index (χ2v) is 50.6. The second kappa shape index (κ2) is 40.4. The van der Waals surface area contributed by atoms with Crippen LogP contribution in [0.2, 0.25) is 0 Å². The first-order valence-electron chi connectivity index (χ1n) is 46.0. The van der Waals surface area contributed by atoms with Crippen molar-refractivity contribution < 1.29 is 28.6 Å². The van der Waals surface area contributed by atoms with Crippen LogP contribution in [0.4, 0.5) is 0 Å². The van der Waals surface area contributed by atoms with Crippen molar-refractivity contribution in [3.05, 3.63) is 479 Å². The predicted molar refractivity (Wildman–Crippen MR) is 565 cm³/mol. The summed E-state index contributed by atoms with van der Waals surface area (Å²) in [5.41, 5.74) is 12.0. The van der Waals surface area contributed by atoms with Crippen molar-refractivity contribution in [1.29, 1.82) is 0 Å². The molecule has 0 N–H and O–H groups in total. The van der Waals surface area contributed by atoms with Crippen LogP contribution in [0.25, 0.3) is 0 Å². The number of rotatable bonds is 12. The second-order valence-electron chi connectivity index (χ2n) is 36.8. The zero-order valence-electron chi connectivity index (χ0n) is 76.6. The topological polar surface area (TPSA) is 98.3 Å². The predicted octanol–water partition coefficient (Wildman–Crippen LogP) is 16.5. The van der Waals surface area contributed by atoms with E-state index in [4.69, 9.17) is 14.2 Å². The van der Waals surface area contributed by atoms with E-state index in [1.165, 1.54) is 80.4 Å². The maximum atomic E-state index is 15.7. The summed E-state index contributed by atoms with van der Waals surface area (Å²) in [6.07, 6.45) is 0. The van der Waals surface area contributed by atoms with Crippen LogP contribution in [-0.4, -0.2) is 114 Å². The number of carbonyl (C=O) groups is 3. The normalized spacial score (nSPS) is 15.6. The highest BCUT2D eigenvalue weighted by Crippen LogP contribution is 2.37. The number of benzene rings is 16. The third kappa shape index (κ3) is 19.4. The molecule has 0 aliphatic carbocycles. The highest BCUT2D eigenvalue weighted by molar-refractivity contribution is 9.11. The molecule has 9 aliphatic rings. The van der Waals surface area contributed by atoms with Gasteiger partial charge < -0.3 is 14.2 Å². The van der Waals surface area contributed by atoms with Gasteiger partial charge in [-0.25, -0.2) is 14.4 Å². The van der Waals surface area contributed by atoms with E-state index in [0.29, 0.717) is 78.5 Å². The fraction of sp³-hybridized carbons (Fsp3) is 0.154. The van der Waals surface area contributed by atoms with E-state index in [-0.39, 0.29) is 33.9 Å². The number of hydrogen-bond acceptors (Lipinski definition) is 12. The number of halogens is 3. The lowest BCUT2D eigenvalue weighted by Gasteiger charge is -2.35. The molecule has 0 spiro atoms. The molecule has 0 saturated heterocycles. The molecule has 0 fully saturated rings. The standard InChI is InChI=1S/C117H105Br3N6O6Si3/c1-121-70-82-37-49-106(50-38-82)133(100-25-13-7-14-26-100,101-27-15-8-16-28-101)107-51-39-83(40-52-107)71-122(2)77-92-65-97(64-91(76-121)112(92)118)130-115(127)88-61-89(116(128)131-98-66-93-78-123(3)72-84-41-53-108(54-42-84)134(102-29-17-9-18-30-102,103-31-19-10-20-32-103)109-55-43-85(44-56-109)73-124(4)79-94(67-98)113(93)119)63-90(62-88)117(129)132-99-68-95-80-125(5)74-86-45-57-110(58-46-86)135(104-33-21-11-22-34-104,105-35-23-12-24-36-105)111-59-47-87(48-60-111)75-126(6)81-96(69-99)114(95)120/h7-69H,70-81H2,1-6H3. The minimum atomic E-state index is -2.81. The van der Waals surface area contributed by atoms with Crippen LogP contribution in [0.5, 0.6) is 17.2 Å². The Morgan fingerprint density at radius 2 is 0.341 bits per heavy atom. The van der Waals surface area contributed by atoms with Crippen molar-refractivity contribution in [2.45, 2.75) is 78.5 Å². The Hall–Kier alpha value is -12.2. The largest absolute Gasteiger partial charge is 0.423 e. The highest BCUT2D eigenvalue weighted by atomic mass is 79.9. The molecular weight excluding hydrogens is 1910 g/mol. The minimum absolute atomic E-state index is 0.0692. The molecule has 0 atom stereocenters. The van der Waals surface area contributed by atoms with Crippen molar-refractivity contribution in [3.63, 3.8) is 0 Å². The molecular formula is C117H105Br3N6O6Si3. The van der Waals surface area contributed by atoms with Crippen molar-refractivity contribution in [2.24, 2.45) is 0 Å². The number of esters is 3. The Balaban J connectivity index is 0.660. The molecule has 0 radical (unpaired) electrons. The van der Waals surface area contributed by atoms with Gasteiger partial charge in [0.25, 0.3) is 0 Å². The van der Waals surface area contributed by atoms with Crippen LogP contribution in [0.15, 0.2) is 396 Å². The lowest BCUT2D eigenvalue weighted by Crippen LogP contribution is -2.74. The average Bonchev–Trinajstić information content (AvgIpc) is 0.739. The molecule has 16 aromatic carbocycles. The maximum absolute atomic E-state index is 15.7. The average molecular weight is 2020 g/mol. The first kappa shape index (κ1) is 91.9. The quantitative estimate of drug-likeness (QED) is 0.0662. The van der Waals surface area contributed by atoms with Gasteiger partial charge >= 0.3 is 17.9 Å². The molecule has 0 amide bonds. The van der Waals surface area contributed by atoms with Crippen molar-refractivity contribution >= 4 is 152 Å². The highest BCUT2D eigenvalue weighted by Gasteiger charge is 2.45. The van der Waals surface area contributed by atoms with Gasteiger partial charge in [0.05, 0.1) is 16.7 Å². The van der Waals surface area contributed by atoms with Crippen molar-refractivity contribution in [3.8, 4) is 17.2 Å². The van der Waals surface area contributed by atoms with Gasteiger partial charge in [-0.1, -0.05) is 375 Å². The number of ether oxygens (including phenoxy) is 3. The monoisotopic (exact) mass is 2010 g/mol. The third-order valence-electron chi connectivity index (χ3n) is 26.8. The summed E-state index contributed by atoms with van der Waals surface area (Å²) in [7, 11) is 4.19. The van der Waals surface area contributed by atoms with Crippen molar-refractivity contribution in [2.75, 3.05) is 42.3 Å². The molecule has 9 aliphatic heterocycles. The molecule has 18 heteroatoms. The summed E-state index contributed by atoms with van der Waals surface area (Å²) in [4.78, 5) is 60.7. The molecule has 25 rings (SSSR count). The van der Waals surface area contributed by atoms with Crippen LogP contribution in [-0.2, 0) is 78.5 Å². The molecule has 16 aromatic rings. The van der Waals surface area contributed by atoms with Gasteiger partial charge in [0.2, 0.25) is 0 Å². The van der Waals surface area contributed by atoms with E-state index in [9.17, 15) is 0 Å². The first-order chi connectivity index (χ1) is 65.7. The Morgan fingerprint density at radius 1 is 0.200 bits per heavy atom. The van der Waals surface area contributed by atoms with Gasteiger partial charge in [-0.2, -0.15) is 0 Å². The summed E-state index contributed by atoms with van der Waals surface area (Å²) in [6.45, 7) is 6.63. The smallest absolute Gasteiger partial charge is 0.343 e.